The van der Waals surface area contributed by atoms with E-state index in [1.54, 1.807) is 24.3 Å². The summed E-state index contributed by atoms with van der Waals surface area (Å²) in [6.07, 6.45) is 0.225. The number of esters is 1. The van der Waals surface area contributed by atoms with Crippen molar-refractivity contribution in [1.29, 1.82) is 0 Å². The van der Waals surface area contributed by atoms with Crippen LogP contribution in [0.2, 0.25) is 0 Å². The lowest BCUT2D eigenvalue weighted by molar-refractivity contribution is -0.149. The zero-order valence-corrected chi connectivity index (χ0v) is 14.8. The first kappa shape index (κ1) is 17.9. The number of hydrogen-bond donors (Lipinski definition) is 0. The van der Waals surface area contributed by atoms with Crippen molar-refractivity contribution in [2.75, 3.05) is 6.61 Å². The van der Waals surface area contributed by atoms with Gasteiger partial charge < -0.3 is 4.74 Å². The number of rotatable bonds is 6. The number of imide groups is 1. The lowest BCUT2D eigenvalue weighted by atomic mass is 10.0. The Bertz CT molecular complexity index is 794. The number of fused-ring (bicyclic) bond motifs is 1. The minimum Gasteiger partial charge on any atom is -0.464 e. The third kappa shape index (κ3) is 3.52. The van der Waals surface area contributed by atoms with E-state index in [0.717, 1.165) is 10.5 Å². The molecular formula is C21H21NO4. The molecule has 0 N–H and O–H groups in total. The van der Waals surface area contributed by atoms with Crippen LogP contribution in [0.25, 0.3) is 0 Å². The fraction of sp³-hybridized carbons (Fsp3) is 0.286. The lowest BCUT2D eigenvalue weighted by Crippen LogP contribution is -2.47. The largest absolute Gasteiger partial charge is 0.464 e. The average Bonchev–Trinajstić information content (AvgIpc) is 2.90. The maximum Gasteiger partial charge on any atom is 0.329 e. The first-order chi connectivity index (χ1) is 12.5. The first-order valence-electron chi connectivity index (χ1n) is 8.66. The molecular weight excluding hydrogens is 330 g/mol. The van der Waals surface area contributed by atoms with Gasteiger partial charge >= 0.3 is 5.97 Å². The second-order valence-electron chi connectivity index (χ2n) is 6.76. The van der Waals surface area contributed by atoms with Crippen molar-refractivity contribution in [3.63, 3.8) is 0 Å². The van der Waals surface area contributed by atoms with Crippen molar-refractivity contribution < 1.29 is 19.1 Å². The minimum absolute atomic E-state index is 0.165. The Morgan fingerprint density at radius 2 is 1.46 bits per heavy atom. The van der Waals surface area contributed by atoms with Gasteiger partial charge in [-0.3, -0.25) is 14.5 Å². The van der Waals surface area contributed by atoms with Crippen LogP contribution in [-0.4, -0.2) is 35.3 Å². The summed E-state index contributed by atoms with van der Waals surface area (Å²) < 4.78 is 5.36. The zero-order chi connectivity index (χ0) is 18.7. The highest BCUT2D eigenvalue weighted by Crippen LogP contribution is 2.26. The molecule has 1 aliphatic rings. The van der Waals surface area contributed by atoms with Crippen molar-refractivity contribution in [3.8, 4) is 0 Å². The van der Waals surface area contributed by atoms with Gasteiger partial charge in [-0.2, -0.15) is 0 Å². The number of carbonyl (C=O) groups excluding carboxylic acids is 3. The summed E-state index contributed by atoms with van der Waals surface area (Å²) in [6.45, 7) is 4.11. The molecule has 0 bridgehead atoms. The Kier molecular flexibility index (Phi) is 5.16. The zero-order valence-electron chi connectivity index (χ0n) is 14.8. The minimum atomic E-state index is -0.983. The number of amides is 2. The molecule has 0 radical (unpaired) electrons. The third-order valence-corrected chi connectivity index (χ3v) is 4.24. The molecule has 0 fully saturated rings. The summed E-state index contributed by atoms with van der Waals surface area (Å²) in [5.74, 6) is -1.29. The van der Waals surface area contributed by atoms with Gasteiger partial charge in [0.15, 0.2) is 0 Å². The second-order valence-corrected chi connectivity index (χ2v) is 6.76. The van der Waals surface area contributed by atoms with Gasteiger partial charge in [-0.1, -0.05) is 56.3 Å². The third-order valence-electron chi connectivity index (χ3n) is 4.24. The van der Waals surface area contributed by atoms with Gasteiger partial charge in [-0.05, 0) is 23.6 Å². The summed E-state index contributed by atoms with van der Waals surface area (Å²) in [7, 11) is 0. The van der Waals surface area contributed by atoms with Crippen LogP contribution in [0.4, 0.5) is 0 Å². The number of ether oxygens (including phenoxy) is 1. The standard InChI is InChI=1S/C21H21NO4/c1-14(2)13-26-21(25)18(12-15-8-4-3-5-9-15)22-19(23)16-10-6-7-11-17(16)20(22)24/h3-11,14,18H,12-13H2,1-2H3/t18-/m0/s1. The molecule has 0 unspecified atom stereocenters. The van der Waals surface area contributed by atoms with E-state index in [1.807, 2.05) is 44.2 Å². The number of nitrogens with zero attached hydrogens (tertiary/aromatic N) is 1. The molecule has 0 saturated heterocycles. The first-order valence-corrected chi connectivity index (χ1v) is 8.66. The molecule has 1 heterocycles. The molecule has 5 nitrogen and oxygen atoms in total. The summed E-state index contributed by atoms with van der Waals surface area (Å²) in [5.41, 5.74) is 1.51. The van der Waals surface area contributed by atoms with E-state index in [9.17, 15) is 14.4 Å². The van der Waals surface area contributed by atoms with Crippen molar-refractivity contribution in [3.05, 3.63) is 71.3 Å². The summed E-state index contributed by atoms with van der Waals surface area (Å²) in [5, 5.41) is 0. The van der Waals surface area contributed by atoms with E-state index in [0.29, 0.717) is 11.1 Å². The van der Waals surface area contributed by atoms with Gasteiger partial charge in [0.2, 0.25) is 0 Å². The quantitative estimate of drug-likeness (QED) is 0.593. The van der Waals surface area contributed by atoms with E-state index in [4.69, 9.17) is 4.74 Å². The SMILES string of the molecule is CC(C)COC(=O)[C@H](Cc1ccccc1)N1C(=O)c2ccccc2C1=O. The summed E-state index contributed by atoms with van der Waals surface area (Å²) in [4.78, 5) is 39.3. The highest BCUT2D eigenvalue weighted by molar-refractivity contribution is 6.22. The number of carbonyl (C=O) groups is 3. The van der Waals surface area contributed by atoms with Crippen molar-refractivity contribution in [2.24, 2.45) is 5.92 Å². The Morgan fingerprint density at radius 1 is 0.923 bits per heavy atom. The van der Waals surface area contributed by atoms with Gasteiger partial charge in [0.25, 0.3) is 11.8 Å². The number of hydrogen-bond acceptors (Lipinski definition) is 4. The van der Waals surface area contributed by atoms with Crippen LogP contribution in [0.5, 0.6) is 0 Å². The average molecular weight is 351 g/mol. The molecule has 2 aromatic rings. The molecule has 0 aromatic heterocycles. The van der Waals surface area contributed by atoms with Gasteiger partial charge in [-0.15, -0.1) is 0 Å². The Balaban J connectivity index is 1.91. The highest BCUT2D eigenvalue weighted by Gasteiger charge is 2.43. The lowest BCUT2D eigenvalue weighted by Gasteiger charge is -2.25. The molecule has 5 heteroatoms. The monoisotopic (exact) mass is 351 g/mol. The fourth-order valence-corrected chi connectivity index (χ4v) is 2.95. The molecule has 134 valence electrons. The second kappa shape index (κ2) is 7.52. The van der Waals surface area contributed by atoms with Crippen LogP contribution < -0.4 is 0 Å². The van der Waals surface area contributed by atoms with Gasteiger partial charge in [0.1, 0.15) is 6.04 Å². The van der Waals surface area contributed by atoms with Crippen LogP contribution in [0, 0.1) is 5.92 Å². The maximum atomic E-state index is 12.8. The van der Waals surface area contributed by atoms with Crippen LogP contribution in [0.1, 0.15) is 40.1 Å². The fourth-order valence-electron chi connectivity index (χ4n) is 2.95. The van der Waals surface area contributed by atoms with E-state index in [2.05, 4.69) is 0 Å². The predicted molar refractivity (Wildman–Crippen MR) is 96.7 cm³/mol. The van der Waals surface area contributed by atoms with Gasteiger partial charge in [-0.25, -0.2) is 4.79 Å². The highest BCUT2D eigenvalue weighted by atomic mass is 16.5. The Hall–Kier alpha value is -2.95. The molecule has 2 aromatic carbocycles. The molecule has 0 spiro atoms. The van der Waals surface area contributed by atoms with Crippen LogP contribution in [-0.2, 0) is 16.0 Å². The molecule has 3 rings (SSSR count). The molecule has 0 aliphatic carbocycles. The molecule has 26 heavy (non-hydrogen) atoms. The van der Waals surface area contributed by atoms with Crippen molar-refractivity contribution >= 4 is 17.8 Å². The van der Waals surface area contributed by atoms with E-state index in [-0.39, 0.29) is 18.9 Å². The van der Waals surface area contributed by atoms with Gasteiger partial charge in [0.05, 0.1) is 17.7 Å². The molecule has 1 aliphatic heterocycles. The smallest absolute Gasteiger partial charge is 0.329 e. The van der Waals surface area contributed by atoms with Crippen LogP contribution in [0.3, 0.4) is 0 Å². The van der Waals surface area contributed by atoms with Gasteiger partial charge in [0, 0.05) is 6.42 Å². The predicted octanol–water partition coefficient (Wildman–Crippen LogP) is 3.09. The van der Waals surface area contributed by atoms with E-state index in [1.165, 1.54) is 0 Å². The summed E-state index contributed by atoms with van der Waals surface area (Å²) in [6, 6.07) is 14.9. The molecule has 0 saturated carbocycles. The Labute approximate surface area is 152 Å². The van der Waals surface area contributed by atoms with E-state index < -0.39 is 23.8 Å². The topological polar surface area (TPSA) is 63.7 Å². The maximum absolute atomic E-state index is 12.8. The van der Waals surface area contributed by atoms with Crippen molar-refractivity contribution in [2.45, 2.75) is 26.3 Å². The van der Waals surface area contributed by atoms with E-state index >= 15 is 0 Å². The molecule has 2 amide bonds. The van der Waals surface area contributed by atoms with Crippen molar-refractivity contribution in [1.82, 2.24) is 4.90 Å². The van der Waals surface area contributed by atoms with Crippen LogP contribution in [0.15, 0.2) is 54.6 Å². The summed E-state index contributed by atoms with van der Waals surface area (Å²) >= 11 is 0. The molecule has 1 atom stereocenters. The normalized spacial score (nSPS) is 14.5. The Morgan fingerprint density at radius 3 is 2.00 bits per heavy atom. The van der Waals surface area contributed by atoms with Crippen LogP contribution >= 0.6 is 0 Å². The number of benzene rings is 2.